The number of rotatable bonds is 7. The predicted octanol–water partition coefficient (Wildman–Crippen LogP) is 1.50. The molecule has 122 valence electrons. The molecule has 0 aromatic carbocycles. The highest BCUT2D eigenvalue weighted by atomic mass is 18.2. The largest absolute Gasteiger partial charge is 0.434 e. The van der Waals surface area contributed by atoms with E-state index >= 15 is 0 Å². The molecule has 22 heavy (non-hydrogen) atoms. The first kappa shape index (κ1) is 15.4. The third-order valence-corrected chi connectivity index (χ3v) is 4.27. The number of imidazole rings is 1. The van der Waals surface area contributed by atoms with Crippen molar-refractivity contribution in [2.45, 2.75) is 32.0 Å². The molecule has 0 N–H and O–H groups in total. The summed E-state index contributed by atoms with van der Waals surface area (Å²) < 4.78 is 15.5. The first-order chi connectivity index (χ1) is 10.6. The Bertz CT molecular complexity index is 519. The van der Waals surface area contributed by atoms with Crippen molar-refractivity contribution < 1.29 is 9.31 Å². The fraction of sp³-hybridized carbons (Fsp3) is 0.786. The van der Waals surface area contributed by atoms with Gasteiger partial charge >= 0.3 is 5.95 Å². The van der Waals surface area contributed by atoms with Crippen molar-refractivity contribution in [1.82, 2.24) is 19.4 Å². The van der Waals surface area contributed by atoms with E-state index in [2.05, 4.69) is 14.8 Å². The fourth-order valence-corrected chi connectivity index (χ4v) is 3.07. The number of hydrogen-bond donors (Lipinski definition) is 0. The van der Waals surface area contributed by atoms with Crippen molar-refractivity contribution in [2.24, 2.45) is 5.92 Å². The summed E-state index contributed by atoms with van der Waals surface area (Å²) in [5.41, 5.74) is 0. The normalized spacial score (nSPS) is 21.9. The molecule has 3 rings (SSSR count). The van der Waals surface area contributed by atoms with Gasteiger partial charge in [-0.1, -0.05) is 4.98 Å². The molecule has 2 fully saturated rings. The summed E-state index contributed by atoms with van der Waals surface area (Å²) >= 11 is 0. The summed E-state index contributed by atoms with van der Waals surface area (Å²) in [6, 6.07) is 0. The number of alkyl halides is 1. The molecule has 1 saturated carbocycles. The molecule has 8 heteroatoms. The van der Waals surface area contributed by atoms with E-state index in [-0.39, 0.29) is 12.5 Å². The molecule has 1 aromatic rings. The molecule has 7 nitrogen and oxygen atoms in total. The van der Waals surface area contributed by atoms with Gasteiger partial charge in [-0.3, -0.25) is 9.80 Å². The summed E-state index contributed by atoms with van der Waals surface area (Å²) in [5.74, 6) is 0.548. The standard InChI is InChI=1S/C14H22FN5O2/c15-13(10-19-7-4-16-14(19)20(21)22)9-18-6-1-5-17(11-18)8-12-2-3-12/h4,7,12-13H,1-3,5-6,8-11H2/i15-1. The van der Waals surface area contributed by atoms with Crippen LogP contribution in [-0.2, 0) is 6.54 Å². The molecule has 1 aliphatic heterocycles. The number of nitro groups is 1. The fourth-order valence-electron chi connectivity index (χ4n) is 3.07. The van der Waals surface area contributed by atoms with Crippen LogP contribution in [0.1, 0.15) is 19.3 Å². The van der Waals surface area contributed by atoms with Gasteiger partial charge in [0.25, 0.3) is 0 Å². The maximum atomic E-state index is 14.3. The lowest BCUT2D eigenvalue weighted by molar-refractivity contribution is -0.396. The van der Waals surface area contributed by atoms with Gasteiger partial charge in [-0.05, 0) is 30.1 Å². The Morgan fingerprint density at radius 1 is 1.36 bits per heavy atom. The number of nitrogens with zero attached hydrogens (tertiary/aromatic N) is 5. The summed E-state index contributed by atoms with van der Waals surface area (Å²) in [5, 5.41) is 10.8. The first-order valence-electron chi connectivity index (χ1n) is 7.86. The molecule has 0 bridgehead atoms. The van der Waals surface area contributed by atoms with Crippen molar-refractivity contribution in [3.05, 3.63) is 22.5 Å². The highest BCUT2D eigenvalue weighted by molar-refractivity contribution is 5.06. The van der Waals surface area contributed by atoms with Gasteiger partial charge in [0.1, 0.15) is 25.1 Å². The highest BCUT2D eigenvalue weighted by Gasteiger charge is 2.28. The second kappa shape index (κ2) is 6.70. The zero-order valence-corrected chi connectivity index (χ0v) is 12.6. The van der Waals surface area contributed by atoms with Crippen molar-refractivity contribution >= 4 is 5.95 Å². The van der Waals surface area contributed by atoms with E-state index in [1.165, 1.54) is 29.8 Å². The monoisotopic (exact) mass is 310 g/mol. The Morgan fingerprint density at radius 3 is 2.86 bits per heavy atom. The molecule has 0 amide bonds. The smallest absolute Gasteiger partial charge is 0.390 e. The van der Waals surface area contributed by atoms with Crippen LogP contribution in [0.15, 0.2) is 12.4 Å². The molecule has 0 spiro atoms. The van der Waals surface area contributed by atoms with Crippen LogP contribution in [-0.4, -0.2) is 63.3 Å². The van der Waals surface area contributed by atoms with E-state index in [0.29, 0.717) is 6.54 Å². The maximum absolute atomic E-state index is 14.3. The van der Waals surface area contributed by atoms with Crippen molar-refractivity contribution in [3.63, 3.8) is 0 Å². The van der Waals surface area contributed by atoms with Crippen molar-refractivity contribution in [1.29, 1.82) is 0 Å². The minimum atomic E-state index is -1.13. The maximum Gasteiger partial charge on any atom is 0.434 e. The van der Waals surface area contributed by atoms with Gasteiger partial charge in [0, 0.05) is 26.2 Å². The number of aromatic nitrogens is 2. The Morgan fingerprint density at radius 2 is 2.14 bits per heavy atom. The van der Waals surface area contributed by atoms with E-state index in [9.17, 15) is 14.5 Å². The molecule has 1 atom stereocenters. The summed E-state index contributed by atoms with van der Waals surface area (Å²) in [7, 11) is 0. The van der Waals surface area contributed by atoms with Crippen LogP contribution in [0.4, 0.5) is 10.3 Å². The van der Waals surface area contributed by atoms with Gasteiger partial charge in [-0.15, -0.1) is 0 Å². The average Bonchev–Trinajstić information content (AvgIpc) is 3.14. The van der Waals surface area contributed by atoms with Crippen LogP contribution < -0.4 is 0 Å². The van der Waals surface area contributed by atoms with Gasteiger partial charge in [-0.25, -0.2) is 8.96 Å². The Balaban J connectivity index is 1.49. The summed E-state index contributed by atoms with van der Waals surface area (Å²) in [6.45, 7) is 4.22. The Kier molecular flexibility index (Phi) is 4.68. The Hall–Kier alpha value is -1.54. The molecule has 1 aromatic heterocycles. The molecular weight excluding hydrogens is 288 g/mol. The molecule has 1 saturated heterocycles. The molecule has 2 aliphatic rings. The second-order valence-electron chi connectivity index (χ2n) is 6.33. The van der Waals surface area contributed by atoms with Crippen molar-refractivity contribution in [3.8, 4) is 0 Å². The quantitative estimate of drug-likeness (QED) is 0.564. The lowest BCUT2D eigenvalue weighted by Crippen LogP contribution is -2.47. The number of hydrogen-bond acceptors (Lipinski definition) is 5. The summed E-state index contributed by atoms with van der Waals surface area (Å²) in [4.78, 5) is 18.4. The molecule has 1 aliphatic carbocycles. The third-order valence-electron chi connectivity index (χ3n) is 4.27. The minimum absolute atomic E-state index is 0.0184. The zero-order chi connectivity index (χ0) is 15.5. The van der Waals surface area contributed by atoms with Gasteiger partial charge in [0.2, 0.25) is 0 Å². The molecule has 2 heterocycles. The second-order valence-corrected chi connectivity index (χ2v) is 6.33. The van der Waals surface area contributed by atoms with Gasteiger partial charge in [-0.2, -0.15) is 0 Å². The zero-order valence-electron chi connectivity index (χ0n) is 12.6. The van der Waals surface area contributed by atoms with E-state index < -0.39 is 11.1 Å². The average molecular weight is 310 g/mol. The lowest BCUT2D eigenvalue weighted by Gasteiger charge is -2.36. The minimum Gasteiger partial charge on any atom is -0.390 e. The van der Waals surface area contributed by atoms with Gasteiger partial charge in [0.15, 0.2) is 0 Å². The van der Waals surface area contributed by atoms with E-state index in [4.69, 9.17) is 0 Å². The van der Waals surface area contributed by atoms with Gasteiger partial charge < -0.3 is 10.1 Å². The van der Waals surface area contributed by atoms with Crippen LogP contribution in [0.5, 0.6) is 0 Å². The van der Waals surface area contributed by atoms with Crippen LogP contribution in [0, 0.1) is 16.0 Å². The van der Waals surface area contributed by atoms with E-state index in [0.717, 1.165) is 38.6 Å². The topological polar surface area (TPSA) is 67.4 Å². The molecular formula is C14H22FN5O2. The van der Waals surface area contributed by atoms with Crippen LogP contribution in [0.25, 0.3) is 0 Å². The molecule has 0 radical (unpaired) electrons. The first-order valence-corrected chi connectivity index (χ1v) is 7.86. The number of halogens is 1. The van der Waals surface area contributed by atoms with E-state index in [1.807, 2.05) is 0 Å². The Labute approximate surface area is 128 Å². The summed E-state index contributed by atoms with van der Waals surface area (Å²) in [6.07, 6.45) is 5.38. The molecule has 1 unspecified atom stereocenters. The van der Waals surface area contributed by atoms with Crippen molar-refractivity contribution in [2.75, 3.05) is 32.8 Å². The van der Waals surface area contributed by atoms with Gasteiger partial charge in [0.05, 0.1) is 6.67 Å². The lowest BCUT2D eigenvalue weighted by atomic mass is 10.2. The third kappa shape index (κ3) is 4.01. The van der Waals surface area contributed by atoms with Crippen LogP contribution in [0.2, 0.25) is 0 Å². The predicted molar refractivity (Wildman–Crippen MR) is 79.1 cm³/mol. The van der Waals surface area contributed by atoms with Crippen LogP contribution >= 0.6 is 0 Å². The van der Waals surface area contributed by atoms with Crippen LogP contribution in [0.3, 0.4) is 0 Å². The SMILES string of the molecule is O=[N+]([O-])c1nccn1CC([18F])CN1CCCN(CC2CC2)C1. The highest BCUT2D eigenvalue weighted by Crippen LogP contribution is 2.30. The van der Waals surface area contributed by atoms with E-state index in [1.54, 1.807) is 0 Å².